The number of urea groups is 1. The number of amides is 2. The zero-order chi connectivity index (χ0) is 17.1. The van der Waals surface area contributed by atoms with Crippen LogP contribution in [0.3, 0.4) is 0 Å². The fraction of sp³-hybridized carbons (Fsp3) is 0.389. The van der Waals surface area contributed by atoms with E-state index < -0.39 is 6.10 Å². The van der Waals surface area contributed by atoms with Gasteiger partial charge in [-0.05, 0) is 42.0 Å². The van der Waals surface area contributed by atoms with Gasteiger partial charge in [0.2, 0.25) is 0 Å². The van der Waals surface area contributed by atoms with Crippen molar-refractivity contribution < 1.29 is 14.3 Å². The Kier molecular flexibility index (Phi) is 5.16. The van der Waals surface area contributed by atoms with E-state index in [0.717, 1.165) is 11.3 Å². The highest BCUT2D eigenvalue weighted by molar-refractivity contribution is 7.10. The van der Waals surface area contributed by atoms with E-state index in [-0.39, 0.29) is 30.5 Å². The number of benzene rings is 1. The topological polar surface area (TPSA) is 52.6 Å². The molecule has 1 fully saturated rings. The Morgan fingerprint density at radius 3 is 2.96 bits per heavy atom. The van der Waals surface area contributed by atoms with Crippen molar-refractivity contribution in [2.75, 3.05) is 6.54 Å². The summed E-state index contributed by atoms with van der Waals surface area (Å²) in [5.41, 5.74) is 0.714. The molecule has 2 heterocycles. The molecule has 0 bridgehead atoms. The van der Waals surface area contributed by atoms with Crippen LogP contribution in [0.5, 0.6) is 0 Å². The summed E-state index contributed by atoms with van der Waals surface area (Å²) in [6, 6.07) is 9.62. The molecule has 2 amide bonds. The Hall–Kier alpha value is -1.92. The van der Waals surface area contributed by atoms with E-state index in [4.69, 9.17) is 0 Å². The fourth-order valence-electron chi connectivity index (χ4n) is 3.16. The number of aliphatic hydroxyl groups excluding tert-OH is 1. The van der Waals surface area contributed by atoms with Gasteiger partial charge in [0, 0.05) is 11.4 Å². The van der Waals surface area contributed by atoms with Crippen molar-refractivity contribution in [2.24, 2.45) is 0 Å². The van der Waals surface area contributed by atoms with Crippen molar-refractivity contribution in [3.05, 3.63) is 58.0 Å². The third-order valence-electron chi connectivity index (χ3n) is 4.37. The van der Waals surface area contributed by atoms with Gasteiger partial charge in [-0.25, -0.2) is 9.18 Å². The molecule has 128 valence electrons. The predicted molar refractivity (Wildman–Crippen MR) is 92.4 cm³/mol. The Morgan fingerprint density at radius 2 is 2.29 bits per heavy atom. The van der Waals surface area contributed by atoms with Gasteiger partial charge in [-0.15, -0.1) is 11.3 Å². The maximum atomic E-state index is 13.5. The van der Waals surface area contributed by atoms with Crippen LogP contribution < -0.4 is 5.32 Å². The van der Waals surface area contributed by atoms with Crippen LogP contribution in [-0.4, -0.2) is 28.7 Å². The molecule has 0 saturated carbocycles. The van der Waals surface area contributed by atoms with E-state index in [1.54, 1.807) is 28.4 Å². The summed E-state index contributed by atoms with van der Waals surface area (Å²) in [5, 5.41) is 15.0. The molecule has 6 heteroatoms. The van der Waals surface area contributed by atoms with Gasteiger partial charge in [0.1, 0.15) is 5.82 Å². The average molecular weight is 348 g/mol. The minimum atomic E-state index is -0.592. The van der Waals surface area contributed by atoms with Gasteiger partial charge < -0.3 is 15.3 Å². The average Bonchev–Trinajstić information content (AvgIpc) is 3.22. The number of thiophene rings is 1. The monoisotopic (exact) mass is 348 g/mol. The second kappa shape index (κ2) is 7.32. The molecule has 3 rings (SSSR count). The molecule has 2 N–H and O–H groups in total. The minimum absolute atomic E-state index is 0.0524. The van der Waals surface area contributed by atoms with Gasteiger partial charge >= 0.3 is 6.03 Å². The van der Waals surface area contributed by atoms with Crippen molar-refractivity contribution in [1.82, 2.24) is 10.2 Å². The molecule has 24 heavy (non-hydrogen) atoms. The molecule has 1 saturated heterocycles. The molecule has 3 atom stereocenters. The smallest absolute Gasteiger partial charge is 0.318 e. The van der Waals surface area contributed by atoms with E-state index in [2.05, 4.69) is 5.32 Å². The molecule has 3 unspecified atom stereocenters. The predicted octanol–water partition coefficient (Wildman–Crippen LogP) is 3.86. The summed E-state index contributed by atoms with van der Waals surface area (Å²) in [4.78, 5) is 15.5. The van der Waals surface area contributed by atoms with E-state index in [1.165, 1.54) is 12.1 Å². The van der Waals surface area contributed by atoms with Crippen LogP contribution >= 0.6 is 11.3 Å². The van der Waals surface area contributed by atoms with Gasteiger partial charge in [0.15, 0.2) is 0 Å². The lowest BCUT2D eigenvalue weighted by Gasteiger charge is -2.27. The summed E-state index contributed by atoms with van der Waals surface area (Å²) >= 11 is 1.61. The number of hydrogen-bond acceptors (Lipinski definition) is 3. The summed E-state index contributed by atoms with van der Waals surface area (Å²) in [7, 11) is 0. The molecular weight excluding hydrogens is 327 g/mol. The second-order valence-electron chi connectivity index (χ2n) is 6.04. The van der Waals surface area contributed by atoms with E-state index >= 15 is 0 Å². The van der Waals surface area contributed by atoms with Crippen LogP contribution in [0.4, 0.5) is 9.18 Å². The summed E-state index contributed by atoms with van der Waals surface area (Å²) in [6.07, 6.45) is 0.616. The molecule has 1 aromatic heterocycles. The maximum absolute atomic E-state index is 13.5. The van der Waals surface area contributed by atoms with Crippen molar-refractivity contribution in [1.29, 1.82) is 0 Å². The summed E-state index contributed by atoms with van der Waals surface area (Å²) in [6.45, 7) is 2.28. The number of hydrogen-bond donors (Lipinski definition) is 2. The highest BCUT2D eigenvalue weighted by Crippen LogP contribution is 2.33. The van der Waals surface area contributed by atoms with Crippen molar-refractivity contribution >= 4 is 17.4 Å². The summed E-state index contributed by atoms with van der Waals surface area (Å²) < 4.78 is 13.5. The lowest BCUT2D eigenvalue weighted by Crippen LogP contribution is -2.41. The molecule has 4 nitrogen and oxygen atoms in total. The molecule has 0 radical (unpaired) electrons. The number of β-amino-alcohol motifs (C(OH)–C–C–N with tert-alkyl or cyclic N) is 1. The van der Waals surface area contributed by atoms with Crippen LogP contribution in [0.15, 0.2) is 41.8 Å². The standard InChI is InChI=1S/C18H21FN2O2S/c1-2-15(17-7-4-8-24-17)20-18(23)21-11-14(22)10-16(21)12-5-3-6-13(19)9-12/h3-9,14-16,22H,2,10-11H2,1H3,(H,20,23). The quantitative estimate of drug-likeness (QED) is 0.882. The number of carbonyl (C=O) groups is 1. The maximum Gasteiger partial charge on any atom is 0.318 e. The van der Waals surface area contributed by atoms with Gasteiger partial charge in [-0.1, -0.05) is 25.1 Å². The largest absolute Gasteiger partial charge is 0.391 e. The van der Waals surface area contributed by atoms with E-state index in [9.17, 15) is 14.3 Å². The normalized spacial score (nSPS) is 21.7. The van der Waals surface area contributed by atoms with Crippen LogP contribution in [0, 0.1) is 5.82 Å². The Labute approximate surface area is 144 Å². The second-order valence-corrected chi connectivity index (χ2v) is 7.02. The van der Waals surface area contributed by atoms with E-state index in [1.807, 2.05) is 24.4 Å². The van der Waals surface area contributed by atoms with Crippen molar-refractivity contribution in [3.8, 4) is 0 Å². The third-order valence-corrected chi connectivity index (χ3v) is 5.35. The van der Waals surface area contributed by atoms with Gasteiger partial charge in [-0.3, -0.25) is 0 Å². The lowest BCUT2D eigenvalue weighted by molar-refractivity contribution is 0.167. The molecule has 1 aromatic carbocycles. The first-order chi connectivity index (χ1) is 11.6. The van der Waals surface area contributed by atoms with Crippen LogP contribution in [0.1, 0.15) is 42.3 Å². The zero-order valence-corrected chi connectivity index (χ0v) is 14.3. The summed E-state index contributed by atoms with van der Waals surface area (Å²) in [5.74, 6) is -0.334. The fourth-order valence-corrected chi connectivity index (χ4v) is 4.03. The molecule has 0 aliphatic carbocycles. The van der Waals surface area contributed by atoms with Crippen molar-refractivity contribution in [2.45, 2.75) is 38.0 Å². The van der Waals surface area contributed by atoms with Crippen LogP contribution in [0.25, 0.3) is 0 Å². The lowest BCUT2D eigenvalue weighted by atomic mass is 10.0. The van der Waals surface area contributed by atoms with Gasteiger partial charge in [0.25, 0.3) is 0 Å². The van der Waals surface area contributed by atoms with Crippen molar-refractivity contribution in [3.63, 3.8) is 0 Å². The highest BCUT2D eigenvalue weighted by Gasteiger charge is 2.36. The molecule has 1 aliphatic heterocycles. The Balaban J connectivity index is 1.77. The van der Waals surface area contributed by atoms with Gasteiger partial charge in [0.05, 0.1) is 18.2 Å². The number of nitrogens with one attached hydrogen (secondary N) is 1. The first-order valence-electron chi connectivity index (χ1n) is 8.12. The van der Waals surface area contributed by atoms with E-state index in [0.29, 0.717) is 12.0 Å². The SMILES string of the molecule is CCC(NC(=O)N1CC(O)CC1c1cccc(F)c1)c1cccs1. The number of carbonyl (C=O) groups excluding carboxylic acids is 1. The number of halogens is 1. The van der Waals surface area contributed by atoms with Crippen LogP contribution in [-0.2, 0) is 0 Å². The number of nitrogens with zero attached hydrogens (tertiary/aromatic N) is 1. The van der Waals surface area contributed by atoms with Crippen LogP contribution in [0.2, 0.25) is 0 Å². The number of rotatable bonds is 4. The molecule has 1 aliphatic rings. The first kappa shape index (κ1) is 16.9. The Bertz CT molecular complexity index is 692. The molecular formula is C18H21FN2O2S. The molecule has 0 spiro atoms. The number of likely N-dealkylation sites (tertiary alicyclic amines) is 1. The highest BCUT2D eigenvalue weighted by atomic mass is 32.1. The first-order valence-corrected chi connectivity index (χ1v) is 9.00. The zero-order valence-electron chi connectivity index (χ0n) is 13.5. The number of aliphatic hydroxyl groups is 1. The Morgan fingerprint density at radius 1 is 1.46 bits per heavy atom. The third kappa shape index (κ3) is 3.60. The minimum Gasteiger partial charge on any atom is -0.391 e. The molecule has 2 aromatic rings. The van der Waals surface area contributed by atoms with Gasteiger partial charge in [-0.2, -0.15) is 0 Å².